The van der Waals surface area contributed by atoms with Crippen molar-refractivity contribution in [2.75, 3.05) is 42.1 Å². The predicted octanol–water partition coefficient (Wildman–Crippen LogP) is 4.12. The molecule has 0 saturated carbocycles. The fourth-order valence-electron chi connectivity index (χ4n) is 3.14. The Morgan fingerprint density at radius 3 is 2.61 bits per heavy atom. The summed E-state index contributed by atoms with van der Waals surface area (Å²) in [4.78, 5) is 14.3. The van der Waals surface area contributed by atoms with E-state index < -0.39 is 17.5 Å². The molecule has 0 unspecified atom stereocenters. The van der Waals surface area contributed by atoms with Gasteiger partial charge < -0.3 is 20.9 Å². The van der Waals surface area contributed by atoms with Gasteiger partial charge in [-0.1, -0.05) is 19.9 Å². The smallest absolute Gasteiger partial charge is 0.257 e. The lowest BCUT2D eigenvalue weighted by Crippen LogP contribution is -2.28. The van der Waals surface area contributed by atoms with Gasteiger partial charge in [-0.05, 0) is 43.4 Å². The Kier molecular flexibility index (Phi) is 6.26. The molecule has 0 bridgehead atoms. The molecule has 0 fully saturated rings. The van der Waals surface area contributed by atoms with E-state index in [0.717, 1.165) is 19.6 Å². The molecule has 0 radical (unpaired) electrons. The van der Waals surface area contributed by atoms with Crippen molar-refractivity contribution in [2.24, 2.45) is 0 Å². The average molecular weight is 386 g/mol. The van der Waals surface area contributed by atoms with Crippen molar-refractivity contribution in [3.63, 3.8) is 0 Å². The zero-order chi connectivity index (χ0) is 20.1. The van der Waals surface area contributed by atoms with Crippen LogP contribution in [0, 0.1) is 11.6 Å². The van der Waals surface area contributed by atoms with Crippen molar-refractivity contribution in [3.8, 4) is 0 Å². The molecule has 3 rings (SSSR count). The molecule has 2 aromatic rings. The molecule has 148 valence electrons. The Bertz CT molecular complexity index is 894. The Balaban J connectivity index is 1.67. The highest BCUT2D eigenvalue weighted by molar-refractivity contribution is 6.31. The van der Waals surface area contributed by atoms with Gasteiger partial charge in [-0.25, -0.2) is 8.78 Å². The number of carbonyl (C=O) groups is 1. The monoisotopic (exact) mass is 386 g/mol. The fourth-order valence-corrected chi connectivity index (χ4v) is 3.14. The average Bonchev–Trinajstić information content (AvgIpc) is 3.01. The summed E-state index contributed by atoms with van der Waals surface area (Å²) in [5.74, 6) is -1.28. The maximum absolute atomic E-state index is 14.3. The third-order valence-corrected chi connectivity index (χ3v) is 4.77. The number of hydrogen-bond donors (Lipinski definition) is 3. The first-order valence-corrected chi connectivity index (χ1v) is 9.36. The van der Waals surface area contributed by atoms with Crippen molar-refractivity contribution >= 4 is 28.5 Å². The highest BCUT2D eigenvalue weighted by Crippen LogP contribution is 2.33. The van der Waals surface area contributed by atoms with Gasteiger partial charge in [0.1, 0.15) is 11.6 Å². The van der Waals surface area contributed by atoms with Crippen LogP contribution in [0.1, 0.15) is 19.4 Å². The highest BCUT2D eigenvalue weighted by atomic mass is 19.1. The van der Waals surface area contributed by atoms with Gasteiger partial charge in [0.05, 0.1) is 16.9 Å². The Morgan fingerprint density at radius 2 is 1.89 bits per heavy atom. The van der Waals surface area contributed by atoms with Crippen molar-refractivity contribution in [2.45, 2.75) is 13.8 Å². The molecule has 0 aromatic heterocycles. The summed E-state index contributed by atoms with van der Waals surface area (Å²) < 4.78 is 28.4. The van der Waals surface area contributed by atoms with E-state index >= 15 is 0 Å². The second kappa shape index (κ2) is 8.84. The van der Waals surface area contributed by atoms with Crippen LogP contribution >= 0.6 is 0 Å². The molecule has 0 atom stereocenters. The number of nitrogens with zero attached hydrogens (tertiary/aromatic N) is 1. The minimum absolute atomic E-state index is 0.176. The maximum Gasteiger partial charge on any atom is 0.257 e. The molecule has 1 aliphatic rings. The lowest BCUT2D eigenvalue weighted by molar-refractivity contribution is -0.110. The molecule has 28 heavy (non-hydrogen) atoms. The van der Waals surface area contributed by atoms with Crippen LogP contribution in [0.4, 0.5) is 25.8 Å². The number of likely N-dealkylation sites (N-methyl/N-ethyl adjacent to an activating group) is 1. The standard InChI is InChI=1S/C21H24F2N4O/c1-3-27(4-2)11-10-24-18-9-8-14(12-17(18)23)25-13-15-20-16(22)6-5-7-19(20)26-21(15)28/h5-9,12-13,24-25H,3-4,10-11H2,1-2H3,(H,26,28). The van der Waals surface area contributed by atoms with Gasteiger partial charge in [0.15, 0.2) is 0 Å². The van der Waals surface area contributed by atoms with Crippen LogP contribution in [-0.2, 0) is 4.79 Å². The molecule has 1 aliphatic heterocycles. The molecular weight excluding hydrogens is 362 g/mol. The first-order valence-electron chi connectivity index (χ1n) is 9.36. The van der Waals surface area contributed by atoms with Crippen LogP contribution < -0.4 is 16.0 Å². The topological polar surface area (TPSA) is 56.4 Å². The summed E-state index contributed by atoms with van der Waals surface area (Å²) in [6.07, 6.45) is 1.40. The molecule has 0 saturated heterocycles. The molecule has 0 spiro atoms. The lowest BCUT2D eigenvalue weighted by atomic mass is 10.1. The summed E-state index contributed by atoms with van der Waals surface area (Å²) in [5, 5.41) is 8.58. The van der Waals surface area contributed by atoms with Crippen molar-refractivity contribution in [3.05, 3.63) is 59.8 Å². The Labute approximate surface area is 163 Å². The first kappa shape index (κ1) is 19.8. The Hall–Kier alpha value is -2.93. The zero-order valence-electron chi connectivity index (χ0n) is 16.0. The van der Waals surface area contributed by atoms with Crippen LogP contribution in [0.15, 0.2) is 42.6 Å². The van der Waals surface area contributed by atoms with Crippen LogP contribution in [0.3, 0.4) is 0 Å². The largest absolute Gasteiger partial charge is 0.381 e. The normalized spacial score (nSPS) is 14.3. The number of anilines is 3. The third-order valence-electron chi connectivity index (χ3n) is 4.77. The predicted molar refractivity (Wildman–Crippen MR) is 109 cm³/mol. The van der Waals surface area contributed by atoms with Gasteiger partial charge in [0.25, 0.3) is 5.91 Å². The van der Waals surface area contributed by atoms with Crippen molar-refractivity contribution in [1.29, 1.82) is 0 Å². The maximum atomic E-state index is 14.3. The van der Waals surface area contributed by atoms with Gasteiger partial charge in [0, 0.05) is 30.5 Å². The van der Waals surface area contributed by atoms with E-state index in [-0.39, 0.29) is 11.1 Å². The van der Waals surface area contributed by atoms with Gasteiger partial charge in [0.2, 0.25) is 0 Å². The van der Waals surface area contributed by atoms with Gasteiger partial charge in [-0.3, -0.25) is 4.79 Å². The van der Waals surface area contributed by atoms with Gasteiger partial charge >= 0.3 is 0 Å². The van der Waals surface area contributed by atoms with Crippen molar-refractivity contribution in [1.82, 2.24) is 4.90 Å². The number of carbonyl (C=O) groups excluding carboxylic acids is 1. The quantitative estimate of drug-likeness (QED) is 0.598. The van der Waals surface area contributed by atoms with Crippen LogP contribution in [0.2, 0.25) is 0 Å². The molecule has 5 nitrogen and oxygen atoms in total. The summed E-state index contributed by atoms with van der Waals surface area (Å²) >= 11 is 0. The number of benzene rings is 2. The third kappa shape index (κ3) is 4.31. The minimum atomic E-state index is -0.483. The minimum Gasteiger partial charge on any atom is -0.381 e. The Morgan fingerprint density at radius 1 is 1.11 bits per heavy atom. The molecule has 7 heteroatoms. The number of hydrogen-bond acceptors (Lipinski definition) is 4. The van der Waals surface area contributed by atoms with E-state index in [1.807, 2.05) is 0 Å². The molecule has 1 heterocycles. The molecule has 2 aromatic carbocycles. The molecule has 1 amide bonds. The van der Waals surface area contributed by atoms with E-state index in [1.165, 1.54) is 24.4 Å². The van der Waals surface area contributed by atoms with Gasteiger partial charge in [-0.2, -0.15) is 0 Å². The zero-order valence-corrected chi connectivity index (χ0v) is 16.0. The number of rotatable bonds is 8. The fraction of sp³-hybridized carbons (Fsp3) is 0.286. The lowest BCUT2D eigenvalue weighted by Gasteiger charge is -2.18. The van der Waals surface area contributed by atoms with Crippen molar-refractivity contribution < 1.29 is 13.6 Å². The van der Waals surface area contributed by atoms with E-state index in [0.29, 0.717) is 23.6 Å². The summed E-state index contributed by atoms with van der Waals surface area (Å²) in [5.41, 5.74) is 1.71. The summed E-state index contributed by atoms with van der Waals surface area (Å²) in [6, 6.07) is 9.15. The van der Waals surface area contributed by atoms with Crippen LogP contribution in [0.25, 0.3) is 5.57 Å². The number of halogens is 2. The van der Waals surface area contributed by atoms with Crippen LogP contribution in [-0.4, -0.2) is 37.0 Å². The molecule has 0 aliphatic carbocycles. The number of amides is 1. The molecule has 3 N–H and O–H groups in total. The van der Waals surface area contributed by atoms with Crippen LogP contribution in [0.5, 0.6) is 0 Å². The number of nitrogens with one attached hydrogen (secondary N) is 3. The second-order valence-electron chi connectivity index (χ2n) is 6.47. The molecular formula is C21H24F2N4O. The second-order valence-corrected chi connectivity index (χ2v) is 6.47. The summed E-state index contributed by atoms with van der Waals surface area (Å²) in [6.45, 7) is 7.57. The first-order chi connectivity index (χ1) is 13.5. The SMILES string of the molecule is CCN(CC)CCNc1ccc(NC=C2C(=O)Nc3cccc(F)c32)cc1F. The van der Waals surface area contributed by atoms with E-state index in [2.05, 4.69) is 34.7 Å². The highest BCUT2D eigenvalue weighted by Gasteiger charge is 2.27. The number of fused-ring (bicyclic) bond motifs is 1. The van der Waals surface area contributed by atoms with E-state index in [4.69, 9.17) is 0 Å². The van der Waals surface area contributed by atoms with E-state index in [1.54, 1.807) is 18.2 Å². The van der Waals surface area contributed by atoms with Gasteiger partial charge in [-0.15, -0.1) is 0 Å². The van der Waals surface area contributed by atoms with E-state index in [9.17, 15) is 13.6 Å². The summed E-state index contributed by atoms with van der Waals surface area (Å²) in [7, 11) is 0.